The van der Waals surface area contributed by atoms with E-state index >= 15 is 0 Å². The molecule has 2 aliphatic heterocycles. The van der Waals surface area contributed by atoms with Crippen LogP contribution in [0.5, 0.6) is 0 Å². The third-order valence-corrected chi connectivity index (χ3v) is 8.54. The number of nitrogens with zero attached hydrogens (tertiary/aromatic N) is 7. The van der Waals surface area contributed by atoms with Crippen LogP contribution in [0.25, 0.3) is 11.4 Å². The fourth-order valence-corrected chi connectivity index (χ4v) is 6.09. The molecule has 2 aliphatic rings. The largest absolute Gasteiger partial charge is 0.338 e. The Hall–Kier alpha value is -2.08. The Bertz CT molecular complexity index is 1040. The molecule has 2 saturated heterocycles. The first-order valence-corrected chi connectivity index (χ1v) is 13.3. The topological polar surface area (TPSA) is 105 Å². The Labute approximate surface area is 199 Å². The maximum absolute atomic E-state index is 13.2. The van der Waals surface area contributed by atoms with Crippen molar-refractivity contribution in [1.82, 2.24) is 33.7 Å². The third-order valence-electron chi connectivity index (χ3n) is 6.25. The number of tetrazole rings is 1. The van der Waals surface area contributed by atoms with Gasteiger partial charge in [-0.15, -0.1) is 10.2 Å². The maximum Gasteiger partial charge on any atom is 0.282 e. The second-order valence-corrected chi connectivity index (χ2v) is 10.8. The van der Waals surface area contributed by atoms with Crippen LogP contribution < -0.4 is 0 Å². The molecule has 0 spiro atoms. The van der Waals surface area contributed by atoms with Gasteiger partial charge in [-0.1, -0.05) is 31.4 Å². The van der Waals surface area contributed by atoms with E-state index in [1.807, 2.05) is 6.92 Å². The Morgan fingerprint density at radius 3 is 2.18 bits per heavy atom. The van der Waals surface area contributed by atoms with Crippen molar-refractivity contribution in [2.45, 2.75) is 45.1 Å². The standard InChI is InChI=1S/C21H30ClN7O3S/c1-2-19(29-24-20(23-25-29)17-7-9-18(22)10-8-17)21(30)26-13-15-28(16-14-26)33(31,32)27-11-5-3-4-6-12-27/h7-10,19H,2-6,11-16H2,1H3. The molecule has 0 saturated carbocycles. The smallest absolute Gasteiger partial charge is 0.282 e. The first-order valence-electron chi connectivity index (χ1n) is 11.5. The Morgan fingerprint density at radius 2 is 1.58 bits per heavy atom. The lowest BCUT2D eigenvalue weighted by Gasteiger charge is -2.37. The number of benzene rings is 1. The van der Waals surface area contributed by atoms with Crippen LogP contribution >= 0.6 is 11.6 Å². The molecule has 33 heavy (non-hydrogen) atoms. The van der Waals surface area contributed by atoms with Crippen molar-refractivity contribution in [2.24, 2.45) is 0 Å². The highest BCUT2D eigenvalue weighted by molar-refractivity contribution is 7.86. The summed E-state index contributed by atoms with van der Waals surface area (Å²) in [4.78, 5) is 16.3. The van der Waals surface area contributed by atoms with Gasteiger partial charge in [0.05, 0.1) is 0 Å². The lowest BCUT2D eigenvalue weighted by Crippen LogP contribution is -2.55. The van der Waals surface area contributed by atoms with E-state index in [9.17, 15) is 13.2 Å². The molecule has 180 valence electrons. The monoisotopic (exact) mass is 495 g/mol. The SMILES string of the molecule is CCC(C(=O)N1CCN(S(=O)(=O)N2CCCCCC2)CC1)n1nnc(-c2ccc(Cl)cc2)n1. The van der Waals surface area contributed by atoms with E-state index in [-0.39, 0.29) is 5.91 Å². The Kier molecular flexibility index (Phi) is 7.62. The van der Waals surface area contributed by atoms with Crippen LogP contribution in [0.4, 0.5) is 0 Å². The Balaban J connectivity index is 1.39. The molecule has 1 amide bonds. The molecule has 1 unspecified atom stereocenters. The fourth-order valence-electron chi connectivity index (χ4n) is 4.29. The summed E-state index contributed by atoms with van der Waals surface area (Å²) in [5.41, 5.74) is 0.764. The molecule has 1 aromatic heterocycles. The molecule has 1 atom stereocenters. The number of hydrogen-bond donors (Lipinski definition) is 0. The van der Waals surface area contributed by atoms with E-state index in [0.717, 1.165) is 31.2 Å². The molecule has 0 aliphatic carbocycles. The lowest BCUT2D eigenvalue weighted by atomic mass is 10.2. The Morgan fingerprint density at radius 1 is 0.970 bits per heavy atom. The second-order valence-electron chi connectivity index (χ2n) is 8.41. The number of aromatic nitrogens is 4. The van der Waals surface area contributed by atoms with Crippen molar-refractivity contribution >= 4 is 27.7 Å². The normalized spacial score (nSPS) is 19.9. The van der Waals surface area contributed by atoms with Crippen molar-refractivity contribution in [3.05, 3.63) is 29.3 Å². The summed E-state index contributed by atoms with van der Waals surface area (Å²) in [7, 11) is -3.49. The van der Waals surface area contributed by atoms with E-state index in [1.54, 1.807) is 33.5 Å². The molecule has 2 fully saturated rings. The van der Waals surface area contributed by atoms with Crippen molar-refractivity contribution in [2.75, 3.05) is 39.3 Å². The highest BCUT2D eigenvalue weighted by Gasteiger charge is 2.35. The molecule has 4 rings (SSSR count). The van der Waals surface area contributed by atoms with Gasteiger partial charge in [-0.05, 0) is 48.7 Å². The zero-order chi connectivity index (χ0) is 23.4. The summed E-state index contributed by atoms with van der Waals surface area (Å²) in [6, 6.07) is 6.51. The number of carbonyl (C=O) groups is 1. The molecule has 2 aromatic rings. The first-order chi connectivity index (χ1) is 15.9. The number of rotatable bonds is 6. The van der Waals surface area contributed by atoms with Gasteiger partial charge in [0.15, 0.2) is 6.04 Å². The summed E-state index contributed by atoms with van der Waals surface area (Å²) in [6.07, 6.45) is 4.45. The van der Waals surface area contributed by atoms with Gasteiger partial charge in [0.1, 0.15) is 0 Å². The summed E-state index contributed by atoms with van der Waals surface area (Å²) in [5, 5.41) is 13.2. The highest BCUT2D eigenvalue weighted by atomic mass is 35.5. The van der Waals surface area contributed by atoms with E-state index in [2.05, 4.69) is 15.4 Å². The van der Waals surface area contributed by atoms with Gasteiger partial charge in [0.25, 0.3) is 10.2 Å². The third kappa shape index (κ3) is 5.37. The predicted octanol–water partition coefficient (Wildman–Crippen LogP) is 2.21. The summed E-state index contributed by atoms with van der Waals surface area (Å²) in [5.74, 6) is 0.302. The van der Waals surface area contributed by atoms with E-state index in [4.69, 9.17) is 11.6 Å². The molecule has 0 bridgehead atoms. The quantitative estimate of drug-likeness (QED) is 0.608. The zero-order valence-corrected chi connectivity index (χ0v) is 20.4. The number of halogens is 1. The van der Waals surface area contributed by atoms with Gasteiger partial charge in [-0.2, -0.15) is 21.8 Å². The second kappa shape index (κ2) is 10.5. The van der Waals surface area contributed by atoms with Crippen LogP contribution in [0.15, 0.2) is 24.3 Å². The van der Waals surface area contributed by atoms with Crippen LogP contribution in [-0.4, -0.2) is 87.3 Å². The molecule has 1 aromatic carbocycles. The number of carbonyl (C=O) groups excluding carboxylic acids is 1. The molecule has 3 heterocycles. The zero-order valence-electron chi connectivity index (χ0n) is 18.8. The lowest BCUT2D eigenvalue weighted by molar-refractivity contribution is -0.136. The van der Waals surface area contributed by atoms with Crippen molar-refractivity contribution < 1.29 is 13.2 Å². The molecule has 10 nitrogen and oxygen atoms in total. The summed E-state index contributed by atoms with van der Waals surface area (Å²) >= 11 is 5.94. The first kappa shape index (κ1) is 24.1. The highest BCUT2D eigenvalue weighted by Crippen LogP contribution is 2.22. The van der Waals surface area contributed by atoms with Gasteiger partial charge in [0.2, 0.25) is 11.7 Å². The van der Waals surface area contributed by atoms with E-state index in [0.29, 0.717) is 56.5 Å². The minimum atomic E-state index is -3.49. The number of hydrogen-bond acceptors (Lipinski definition) is 6. The minimum absolute atomic E-state index is 0.121. The maximum atomic E-state index is 13.2. The average molecular weight is 496 g/mol. The van der Waals surface area contributed by atoms with Crippen molar-refractivity contribution in [3.8, 4) is 11.4 Å². The van der Waals surface area contributed by atoms with E-state index < -0.39 is 16.3 Å². The predicted molar refractivity (Wildman–Crippen MR) is 125 cm³/mol. The van der Waals surface area contributed by atoms with Crippen LogP contribution in [-0.2, 0) is 15.0 Å². The van der Waals surface area contributed by atoms with Crippen LogP contribution in [0.1, 0.15) is 45.1 Å². The van der Waals surface area contributed by atoms with Gasteiger partial charge in [-0.25, -0.2) is 0 Å². The number of piperazine rings is 1. The molecule has 12 heteroatoms. The van der Waals surface area contributed by atoms with Gasteiger partial charge < -0.3 is 4.90 Å². The molecule has 0 N–H and O–H groups in total. The van der Waals surface area contributed by atoms with Crippen LogP contribution in [0.3, 0.4) is 0 Å². The van der Waals surface area contributed by atoms with Gasteiger partial charge in [-0.3, -0.25) is 4.79 Å². The van der Waals surface area contributed by atoms with Crippen molar-refractivity contribution in [1.29, 1.82) is 0 Å². The van der Waals surface area contributed by atoms with Crippen LogP contribution in [0.2, 0.25) is 5.02 Å². The number of amides is 1. The minimum Gasteiger partial charge on any atom is -0.338 e. The van der Waals surface area contributed by atoms with E-state index in [1.165, 1.54) is 9.10 Å². The summed E-state index contributed by atoms with van der Waals surface area (Å²) in [6.45, 7) is 4.33. The van der Waals surface area contributed by atoms with Gasteiger partial charge in [0, 0.05) is 49.9 Å². The summed E-state index contributed by atoms with van der Waals surface area (Å²) < 4.78 is 29.2. The molecule has 0 radical (unpaired) electrons. The van der Waals surface area contributed by atoms with Crippen molar-refractivity contribution in [3.63, 3.8) is 0 Å². The molecular weight excluding hydrogens is 466 g/mol. The average Bonchev–Trinajstić information content (AvgIpc) is 3.13. The molecular formula is C21H30ClN7O3S. The van der Waals surface area contributed by atoms with Gasteiger partial charge >= 0.3 is 0 Å². The van der Waals surface area contributed by atoms with Crippen LogP contribution in [0, 0.1) is 0 Å². The fraction of sp³-hybridized carbons (Fsp3) is 0.619.